The van der Waals surface area contributed by atoms with Gasteiger partial charge >= 0.3 is 0 Å². The molecule has 0 spiro atoms. The van der Waals surface area contributed by atoms with Crippen molar-refractivity contribution in [3.63, 3.8) is 0 Å². The van der Waals surface area contributed by atoms with Gasteiger partial charge in [0.15, 0.2) is 0 Å². The van der Waals surface area contributed by atoms with E-state index in [4.69, 9.17) is 0 Å². The van der Waals surface area contributed by atoms with Gasteiger partial charge in [-0.2, -0.15) is 0 Å². The Labute approximate surface area is 242 Å². The van der Waals surface area contributed by atoms with Crippen molar-refractivity contribution >= 4 is 17.3 Å². The summed E-state index contributed by atoms with van der Waals surface area (Å²) in [5, 5.41) is 0. The zero-order valence-corrected chi connectivity index (χ0v) is 25.4. The lowest BCUT2D eigenvalue weighted by molar-refractivity contribution is -0.118. The van der Waals surface area contributed by atoms with E-state index in [0.717, 1.165) is 62.9 Å². The Hall–Kier alpha value is -2.63. The number of piperidine rings is 1. The second-order valence-corrected chi connectivity index (χ2v) is 12.6. The minimum atomic E-state index is 0.202. The number of benzene rings is 2. The fourth-order valence-corrected chi connectivity index (χ4v) is 7.28. The number of anilines is 1. The zero-order valence-electron chi connectivity index (χ0n) is 25.4. The van der Waals surface area contributed by atoms with E-state index in [0.29, 0.717) is 18.4 Å². The maximum Gasteiger partial charge on any atom is 0.226 e. The van der Waals surface area contributed by atoms with Gasteiger partial charge in [-0.1, -0.05) is 49.9 Å². The van der Waals surface area contributed by atoms with Gasteiger partial charge in [-0.3, -0.25) is 14.6 Å². The van der Waals surface area contributed by atoms with Crippen LogP contribution in [0.2, 0.25) is 0 Å². The summed E-state index contributed by atoms with van der Waals surface area (Å²) in [4.78, 5) is 22.1. The van der Waals surface area contributed by atoms with Crippen molar-refractivity contribution in [3.8, 4) is 0 Å². The molecule has 0 bridgehead atoms. The van der Waals surface area contributed by atoms with E-state index >= 15 is 0 Å². The number of rotatable bonds is 10. The second-order valence-electron chi connectivity index (χ2n) is 12.6. The second kappa shape index (κ2) is 12.9. The van der Waals surface area contributed by atoms with Gasteiger partial charge in [-0.25, -0.2) is 0 Å². The number of likely N-dealkylation sites (tertiary alicyclic amines) is 1. The van der Waals surface area contributed by atoms with Gasteiger partial charge in [0.1, 0.15) is 0 Å². The van der Waals surface area contributed by atoms with Crippen molar-refractivity contribution in [1.82, 2.24) is 14.7 Å². The van der Waals surface area contributed by atoms with Gasteiger partial charge in [-0.15, -0.1) is 0 Å². The van der Waals surface area contributed by atoms with Crippen LogP contribution in [0.1, 0.15) is 86.5 Å². The third-order valence-electron chi connectivity index (χ3n) is 9.86. The molecule has 0 radical (unpaired) electrons. The molecule has 5 nitrogen and oxygen atoms in total. The summed E-state index contributed by atoms with van der Waals surface area (Å²) in [6, 6.07) is 17.4. The van der Waals surface area contributed by atoms with E-state index in [1.54, 1.807) is 0 Å². The van der Waals surface area contributed by atoms with Crippen LogP contribution in [0.5, 0.6) is 0 Å². The average molecular weight is 543 g/mol. The lowest BCUT2D eigenvalue weighted by Crippen LogP contribution is -2.39. The number of carbonyl (C=O) groups excluding carboxylic acids is 1. The maximum atomic E-state index is 12.5. The molecule has 2 aromatic carbocycles. The molecular weight excluding hydrogens is 492 g/mol. The first-order chi connectivity index (χ1) is 19.3. The smallest absolute Gasteiger partial charge is 0.226 e. The molecule has 40 heavy (non-hydrogen) atoms. The fraction of sp³-hybridized carbons (Fsp3) is 0.571. The molecular formula is C35H50N4O. The molecule has 3 saturated heterocycles. The highest BCUT2D eigenvalue weighted by atomic mass is 16.2. The van der Waals surface area contributed by atoms with Crippen molar-refractivity contribution in [2.75, 3.05) is 45.2 Å². The number of nitrogens with zero attached hydrogens (tertiary/aromatic N) is 4. The molecule has 0 saturated carbocycles. The lowest BCUT2D eigenvalue weighted by atomic mass is 9.88. The predicted molar refractivity (Wildman–Crippen MR) is 168 cm³/mol. The standard InChI is InChI=1S/C35H50N4O/c1-6-8-35(40)37(5)34-23-31(13-10-26(34)2)30-18-21-38(22-19-30)24-28-11-14-29(15-12-28)27(3)36(4)25-33-17-16-32-9-7-20-39(32)33/h10-15,23,30,32-33H,3,6-9,16-22,24-25H2,1-2,4-5H3. The Morgan fingerprint density at radius 1 is 0.975 bits per heavy atom. The Morgan fingerprint density at radius 2 is 1.73 bits per heavy atom. The first-order valence-corrected chi connectivity index (χ1v) is 15.7. The quantitative estimate of drug-likeness (QED) is 0.336. The van der Waals surface area contributed by atoms with E-state index < -0.39 is 0 Å². The SMILES string of the molecule is C=C(c1ccc(CN2CCC(c3ccc(C)c(N(C)C(=O)CCC)c3)CC2)cc1)N(C)CC1CCC2CCCN21. The number of likely N-dealkylation sites (N-methyl/N-ethyl adjacent to an activating group) is 1. The van der Waals surface area contributed by atoms with Crippen molar-refractivity contribution < 1.29 is 4.79 Å². The monoisotopic (exact) mass is 542 g/mol. The molecule has 3 aliphatic rings. The molecule has 2 atom stereocenters. The highest BCUT2D eigenvalue weighted by Crippen LogP contribution is 2.34. The maximum absolute atomic E-state index is 12.5. The molecule has 0 N–H and O–H groups in total. The molecule has 0 aliphatic carbocycles. The van der Waals surface area contributed by atoms with Crippen molar-refractivity contribution in [3.05, 3.63) is 71.3 Å². The molecule has 5 heteroatoms. The molecule has 5 rings (SSSR count). The van der Waals surface area contributed by atoms with E-state index in [1.807, 2.05) is 11.9 Å². The van der Waals surface area contributed by atoms with E-state index in [1.165, 1.54) is 54.5 Å². The molecule has 3 fully saturated rings. The topological polar surface area (TPSA) is 30.0 Å². The van der Waals surface area contributed by atoms with Crippen molar-refractivity contribution in [2.24, 2.45) is 0 Å². The minimum absolute atomic E-state index is 0.202. The van der Waals surface area contributed by atoms with Crippen LogP contribution in [0.25, 0.3) is 5.70 Å². The Kier molecular flexibility index (Phi) is 9.32. The van der Waals surface area contributed by atoms with E-state index in [9.17, 15) is 4.79 Å². The molecule has 3 aliphatic heterocycles. The zero-order chi connectivity index (χ0) is 28.2. The number of amides is 1. The van der Waals surface area contributed by atoms with E-state index in [2.05, 4.69) is 84.6 Å². The Morgan fingerprint density at radius 3 is 2.45 bits per heavy atom. The van der Waals surface area contributed by atoms with Crippen LogP contribution < -0.4 is 4.90 Å². The number of aryl methyl sites for hydroxylation is 1. The number of fused-ring (bicyclic) bond motifs is 1. The summed E-state index contributed by atoms with van der Waals surface area (Å²) in [6.07, 6.45) is 9.28. The number of hydrogen-bond acceptors (Lipinski definition) is 4. The van der Waals surface area contributed by atoms with Gasteiger partial charge < -0.3 is 9.80 Å². The summed E-state index contributed by atoms with van der Waals surface area (Å²) in [5.74, 6) is 0.759. The Bertz CT molecular complexity index is 1170. The van der Waals surface area contributed by atoms with Crippen LogP contribution >= 0.6 is 0 Å². The highest BCUT2D eigenvalue weighted by Gasteiger charge is 2.36. The first kappa shape index (κ1) is 28.9. The summed E-state index contributed by atoms with van der Waals surface area (Å²) in [7, 11) is 4.13. The third kappa shape index (κ3) is 6.47. The predicted octanol–water partition coefficient (Wildman–Crippen LogP) is 6.67. The third-order valence-corrected chi connectivity index (χ3v) is 9.86. The van der Waals surface area contributed by atoms with Gasteiger partial charge in [0.25, 0.3) is 0 Å². The molecule has 0 aromatic heterocycles. The average Bonchev–Trinajstić information content (AvgIpc) is 3.59. The molecule has 2 unspecified atom stereocenters. The first-order valence-electron chi connectivity index (χ1n) is 15.7. The van der Waals surface area contributed by atoms with Crippen molar-refractivity contribution in [1.29, 1.82) is 0 Å². The minimum Gasteiger partial charge on any atom is -0.373 e. The van der Waals surface area contributed by atoms with Crippen LogP contribution in [0.15, 0.2) is 49.0 Å². The fourth-order valence-electron chi connectivity index (χ4n) is 7.28. The van der Waals surface area contributed by atoms with Gasteiger partial charge in [-0.05, 0) is 106 Å². The summed E-state index contributed by atoms with van der Waals surface area (Å²) < 4.78 is 0. The van der Waals surface area contributed by atoms with Gasteiger partial charge in [0, 0.05) is 57.1 Å². The molecule has 2 aromatic rings. The summed E-state index contributed by atoms with van der Waals surface area (Å²) >= 11 is 0. The normalized spacial score (nSPS) is 21.9. The lowest BCUT2D eigenvalue weighted by Gasteiger charge is -2.33. The number of hydrogen-bond donors (Lipinski definition) is 0. The summed E-state index contributed by atoms with van der Waals surface area (Å²) in [6.45, 7) is 14.2. The molecule has 216 valence electrons. The number of carbonyl (C=O) groups is 1. The van der Waals surface area contributed by atoms with E-state index in [-0.39, 0.29) is 5.91 Å². The summed E-state index contributed by atoms with van der Waals surface area (Å²) in [5.41, 5.74) is 7.36. The highest BCUT2D eigenvalue weighted by molar-refractivity contribution is 5.93. The Balaban J connectivity index is 1.11. The van der Waals surface area contributed by atoms with Crippen LogP contribution in [0.3, 0.4) is 0 Å². The largest absolute Gasteiger partial charge is 0.373 e. The molecule has 1 amide bonds. The van der Waals surface area contributed by atoms with Crippen molar-refractivity contribution in [2.45, 2.75) is 89.8 Å². The van der Waals surface area contributed by atoms with Crippen LogP contribution in [0.4, 0.5) is 5.69 Å². The van der Waals surface area contributed by atoms with Crippen LogP contribution in [-0.2, 0) is 11.3 Å². The molecule has 3 heterocycles. The van der Waals surface area contributed by atoms with Crippen LogP contribution in [0, 0.1) is 6.92 Å². The van der Waals surface area contributed by atoms with Gasteiger partial charge in [0.05, 0.1) is 0 Å². The van der Waals surface area contributed by atoms with Gasteiger partial charge in [0.2, 0.25) is 5.91 Å². The van der Waals surface area contributed by atoms with Crippen LogP contribution in [-0.4, -0.2) is 73.0 Å².